The predicted octanol–water partition coefficient (Wildman–Crippen LogP) is 5.89. The summed E-state index contributed by atoms with van der Waals surface area (Å²) >= 11 is 5.90. The minimum Gasteiger partial charge on any atom is -0.497 e. The molecule has 198 valence electrons. The van der Waals surface area contributed by atoms with Crippen LogP contribution in [0.5, 0.6) is 11.5 Å². The van der Waals surface area contributed by atoms with Crippen molar-refractivity contribution in [2.75, 3.05) is 12.0 Å². The number of aryl methyl sites for hydroxylation is 1. The van der Waals surface area contributed by atoms with Crippen molar-refractivity contribution in [2.24, 2.45) is 5.92 Å². The monoisotopic (exact) mass is 622 g/mol. The van der Waals surface area contributed by atoms with Crippen molar-refractivity contribution < 1.29 is 19.1 Å². The van der Waals surface area contributed by atoms with E-state index in [4.69, 9.17) is 9.47 Å². The summed E-state index contributed by atoms with van der Waals surface area (Å²) in [5.74, 6) is -0.625. The number of nitrogens with one attached hydrogen (secondary N) is 1. The molecule has 0 saturated carbocycles. The summed E-state index contributed by atoms with van der Waals surface area (Å²) in [5, 5.41) is -0.0652. The van der Waals surface area contributed by atoms with Crippen LogP contribution in [0.1, 0.15) is 27.5 Å². The summed E-state index contributed by atoms with van der Waals surface area (Å²) in [6.45, 7) is 2.37. The lowest BCUT2D eigenvalue weighted by Gasteiger charge is -2.31. The summed E-state index contributed by atoms with van der Waals surface area (Å²) in [6.07, 6.45) is 0. The molecule has 6 rings (SSSR count). The molecular formula is C29H23BrN2O5S2. The number of rotatable bonds is 6. The number of thioether (sulfide) groups is 1. The zero-order chi connectivity index (χ0) is 27.3. The molecule has 1 fully saturated rings. The largest absolute Gasteiger partial charge is 0.497 e. The second-order valence-electron chi connectivity index (χ2n) is 9.42. The van der Waals surface area contributed by atoms with Crippen LogP contribution in [0, 0.1) is 12.8 Å². The van der Waals surface area contributed by atoms with Gasteiger partial charge in [-0.15, -0.1) is 0 Å². The molecule has 4 aromatic rings. The van der Waals surface area contributed by atoms with Crippen LogP contribution >= 0.6 is 39.0 Å². The van der Waals surface area contributed by atoms with Gasteiger partial charge in [0.05, 0.1) is 23.7 Å². The van der Waals surface area contributed by atoms with E-state index in [1.54, 1.807) is 31.4 Å². The Labute approximate surface area is 241 Å². The number of amides is 2. The summed E-state index contributed by atoms with van der Waals surface area (Å²) < 4.78 is 12.4. The first-order valence-corrected chi connectivity index (χ1v) is 14.7. The first kappa shape index (κ1) is 25.9. The molecule has 3 heterocycles. The molecule has 0 spiro atoms. The number of hydrogen-bond acceptors (Lipinski definition) is 7. The third-order valence-corrected chi connectivity index (χ3v) is 9.83. The zero-order valence-electron chi connectivity index (χ0n) is 21.0. The molecule has 1 saturated heterocycles. The van der Waals surface area contributed by atoms with E-state index in [1.165, 1.54) is 16.7 Å². The number of fused-ring (bicyclic) bond motifs is 2. The van der Waals surface area contributed by atoms with Crippen molar-refractivity contribution in [3.05, 3.63) is 102 Å². The number of nitrogens with zero attached hydrogens (tertiary/aromatic N) is 1. The minimum atomic E-state index is -0.709. The van der Waals surface area contributed by atoms with Crippen LogP contribution in [0.15, 0.2) is 81.0 Å². The Morgan fingerprint density at radius 3 is 2.54 bits per heavy atom. The highest BCUT2D eigenvalue weighted by Gasteiger charge is 2.56. The molecule has 1 N–H and O–H groups in total. The average Bonchev–Trinajstić information content (AvgIpc) is 3.42. The summed E-state index contributed by atoms with van der Waals surface area (Å²) in [6, 6.07) is 20.6. The number of H-pyrrole nitrogens is 1. The molecule has 3 atom stereocenters. The van der Waals surface area contributed by atoms with Gasteiger partial charge in [0.1, 0.15) is 23.4 Å². The van der Waals surface area contributed by atoms with Gasteiger partial charge >= 0.3 is 4.87 Å². The van der Waals surface area contributed by atoms with Gasteiger partial charge in [-0.3, -0.25) is 14.4 Å². The van der Waals surface area contributed by atoms with Crippen LogP contribution in [-0.2, 0) is 16.2 Å². The first-order valence-electron chi connectivity index (χ1n) is 12.2. The van der Waals surface area contributed by atoms with Gasteiger partial charge < -0.3 is 14.5 Å². The van der Waals surface area contributed by atoms with Gasteiger partial charge in [0.25, 0.3) is 0 Å². The molecule has 2 aliphatic heterocycles. The lowest BCUT2D eigenvalue weighted by Crippen LogP contribution is -2.32. The van der Waals surface area contributed by atoms with Crippen molar-refractivity contribution in [3.8, 4) is 11.5 Å². The number of benzene rings is 3. The topological polar surface area (TPSA) is 88.7 Å². The third-order valence-electron chi connectivity index (χ3n) is 6.94. The normalized spacial score (nSPS) is 20.1. The van der Waals surface area contributed by atoms with Crippen molar-refractivity contribution in [1.29, 1.82) is 0 Å². The Hall–Kier alpha value is -3.34. The maximum absolute atomic E-state index is 14.0. The standard InChI is InChI=1S/C29H23BrN2O5S2/c1-15-4-3-5-16(12-15)14-37-21-11-6-17(30)13-20(21)22-23-25(38-26-24(22)39-29(35)31-26)28(34)32(27(23)33)18-7-9-19(36-2)10-8-18/h3-13,22-23,25H,14H2,1-2H3,(H,31,35)/t22-,23?,25?/m1/s1. The van der Waals surface area contributed by atoms with E-state index in [0.717, 1.165) is 37.4 Å². The molecule has 2 amide bonds. The van der Waals surface area contributed by atoms with Crippen LogP contribution < -0.4 is 19.2 Å². The fourth-order valence-electron chi connectivity index (χ4n) is 5.19. The number of halogens is 1. The van der Waals surface area contributed by atoms with Crippen LogP contribution in [0.4, 0.5) is 5.69 Å². The van der Waals surface area contributed by atoms with E-state index in [9.17, 15) is 14.4 Å². The number of aromatic amines is 1. The van der Waals surface area contributed by atoms with Crippen LogP contribution in [0.2, 0.25) is 0 Å². The Kier molecular flexibility index (Phi) is 6.86. The van der Waals surface area contributed by atoms with Crippen LogP contribution in [0.3, 0.4) is 0 Å². The molecule has 10 heteroatoms. The van der Waals surface area contributed by atoms with Crippen LogP contribution in [-0.4, -0.2) is 29.2 Å². The van der Waals surface area contributed by atoms with Gasteiger partial charge in [-0.2, -0.15) is 0 Å². The molecule has 0 radical (unpaired) electrons. The molecule has 3 aromatic carbocycles. The minimum absolute atomic E-state index is 0.221. The highest BCUT2D eigenvalue weighted by molar-refractivity contribution is 9.10. The fourth-order valence-corrected chi connectivity index (χ4v) is 8.08. The Balaban J connectivity index is 1.43. The molecule has 0 bridgehead atoms. The Morgan fingerprint density at radius 2 is 1.79 bits per heavy atom. The molecular weight excluding hydrogens is 600 g/mol. The Morgan fingerprint density at radius 1 is 1.00 bits per heavy atom. The van der Waals surface area contributed by atoms with Crippen LogP contribution in [0.25, 0.3) is 0 Å². The van der Waals surface area contributed by atoms with Crippen molar-refractivity contribution in [3.63, 3.8) is 0 Å². The summed E-state index contributed by atoms with van der Waals surface area (Å²) in [5.41, 5.74) is 3.39. The number of imide groups is 1. The fraction of sp³-hybridized carbons (Fsp3) is 0.207. The van der Waals surface area contributed by atoms with E-state index in [-0.39, 0.29) is 16.7 Å². The van der Waals surface area contributed by atoms with E-state index in [1.807, 2.05) is 43.3 Å². The number of carbonyl (C=O) groups is 2. The molecule has 2 unspecified atom stereocenters. The van der Waals surface area contributed by atoms with E-state index in [0.29, 0.717) is 28.8 Å². The average molecular weight is 624 g/mol. The maximum Gasteiger partial charge on any atom is 0.305 e. The second-order valence-corrected chi connectivity index (χ2v) is 12.5. The van der Waals surface area contributed by atoms with E-state index >= 15 is 0 Å². The smallest absolute Gasteiger partial charge is 0.305 e. The first-order chi connectivity index (χ1) is 18.8. The number of ether oxygens (including phenoxy) is 2. The van der Waals surface area contributed by atoms with E-state index in [2.05, 4.69) is 27.0 Å². The number of thiazole rings is 1. The van der Waals surface area contributed by atoms with Gasteiger partial charge in [0, 0.05) is 20.8 Å². The predicted molar refractivity (Wildman–Crippen MR) is 155 cm³/mol. The number of anilines is 1. The third kappa shape index (κ3) is 4.70. The van der Waals surface area contributed by atoms with Crippen molar-refractivity contribution in [1.82, 2.24) is 4.98 Å². The maximum atomic E-state index is 14.0. The number of hydrogen-bond donors (Lipinski definition) is 1. The summed E-state index contributed by atoms with van der Waals surface area (Å²) in [7, 11) is 1.56. The van der Waals surface area contributed by atoms with Crippen molar-refractivity contribution >= 4 is 56.5 Å². The second kappa shape index (κ2) is 10.3. The number of carbonyl (C=O) groups excluding carboxylic acids is 2. The number of aromatic nitrogens is 1. The number of methoxy groups -OCH3 is 1. The molecule has 0 aliphatic carbocycles. The molecule has 7 nitrogen and oxygen atoms in total. The van der Waals surface area contributed by atoms with Gasteiger partial charge in [-0.05, 0) is 55.0 Å². The molecule has 39 heavy (non-hydrogen) atoms. The van der Waals surface area contributed by atoms with Gasteiger partial charge in [0.15, 0.2) is 0 Å². The van der Waals surface area contributed by atoms with Gasteiger partial charge in [-0.25, -0.2) is 4.90 Å². The molecule has 2 aliphatic rings. The lowest BCUT2D eigenvalue weighted by molar-refractivity contribution is -0.122. The Bertz CT molecular complexity index is 1650. The SMILES string of the molecule is COc1ccc(N2C(=O)C3Sc4[nH]c(=O)sc4[C@H](c4cc(Br)ccc4OCc4cccc(C)c4)C3C2=O)cc1. The molecule has 1 aromatic heterocycles. The quantitative estimate of drug-likeness (QED) is 0.270. The highest BCUT2D eigenvalue weighted by Crippen LogP contribution is 2.54. The van der Waals surface area contributed by atoms with Gasteiger partial charge in [-0.1, -0.05) is 68.9 Å². The van der Waals surface area contributed by atoms with Crippen molar-refractivity contribution in [2.45, 2.75) is 29.7 Å². The van der Waals surface area contributed by atoms with E-state index < -0.39 is 17.1 Å². The lowest BCUT2D eigenvalue weighted by atomic mass is 9.82. The van der Waals surface area contributed by atoms with Gasteiger partial charge in [0.2, 0.25) is 11.8 Å². The highest BCUT2D eigenvalue weighted by atomic mass is 79.9. The zero-order valence-corrected chi connectivity index (χ0v) is 24.2. The summed E-state index contributed by atoms with van der Waals surface area (Å²) in [4.78, 5) is 44.9.